The highest BCUT2D eigenvalue weighted by Gasteiger charge is 2.19. The van der Waals surface area contributed by atoms with Gasteiger partial charge in [0.05, 0.1) is 27.6 Å². The van der Waals surface area contributed by atoms with Crippen LogP contribution in [0.2, 0.25) is 5.02 Å². The lowest BCUT2D eigenvalue weighted by Gasteiger charge is -2.08. The Balaban J connectivity index is 1.49. The van der Waals surface area contributed by atoms with Gasteiger partial charge in [-0.1, -0.05) is 29.8 Å². The highest BCUT2D eigenvalue weighted by molar-refractivity contribution is 7.20. The minimum absolute atomic E-state index is 0.180. The maximum absolute atomic E-state index is 13.1. The summed E-state index contributed by atoms with van der Waals surface area (Å²) in [4.78, 5) is 14.6. The molecule has 31 heavy (non-hydrogen) atoms. The zero-order valence-electron chi connectivity index (χ0n) is 16.8. The smallest absolute Gasteiger partial charge is 0.266 e. The molecule has 3 heterocycles. The number of anilines is 1. The Morgan fingerprint density at radius 2 is 1.65 bits per heavy atom. The molecule has 0 saturated carbocycles. The summed E-state index contributed by atoms with van der Waals surface area (Å²) >= 11 is 7.42. The number of carbonyl (C=O) groups excluding carboxylic acids is 1. The van der Waals surface area contributed by atoms with E-state index in [-0.39, 0.29) is 5.91 Å². The van der Waals surface area contributed by atoms with Crippen molar-refractivity contribution in [1.29, 1.82) is 0 Å². The normalized spacial score (nSPS) is 11.2. The summed E-state index contributed by atoms with van der Waals surface area (Å²) in [6, 6.07) is 21.0. The molecule has 0 fully saturated rings. The fourth-order valence-electron chi connectivity index (χ4n) is 3.45. The Kier molecular flexibility index (Phi) is 4.84. The summed E-state index contributed by atoms with van der Waals surface area (Å²) in [7, 11) is 0. The first-order valence-corrected chi connectivity index (χ1v) is 10.9. The van der Waals surface area contributed by atoms with Crippen molar-refractivity contribution in [3.05, 3.63) is 88.0 Å². The Morgan fingerprint density at radius 3 is 2.39 bits per heavy atom. The van der Waals surface area contributed by atoms with Crippen molar-refractivity contribution in [2.45, 2.75) is 13.8 Å². The molecule has 5 rings (SSSR count). The summed E-state index contributed by atoms with van der Waals surface area (Å²) in [6.07, 6.45) is 0. The van der Waals surface area contributed by atoms with Crippen molar-refractivity contribution in [2.24, 2.45) is 0 Å². The second kappa shape index (κ2) is 7.68. The second-order valence-electron chi connectivity index (χ2n) is 7.18. The summed E-state index contributed by atoms with van der Waals surface area (Å²) in [5.41, 5.74) is 3.47. The molecule has 0 bridgehead atoms. The Bertz CT molecular complexity index is 1400. The van der Waals surface area contributed by atoms with E-state index in [0.717, 1.165) is 33.0 Å². The van der Waals surface area contributed by atoms with Crippen LogP contribution in [0.1, 0.15) is 21.1 Å². The molecule has 2 aromatic carbocycles. The highest BCUT2D eigenvalue weighted by atomic mass is 35.5. The van der Waals surface area contributed by atoms with Gasteiger partial charge in [0, 0.05) is 16.5 Å². The first-order chi connectivity index (χ1) is 15.0. The van der Waals surface area contributed by atoms with Crippen molar-refractivity contribution >= 4 is 44.9 Å². The third-order valence-corrected chi connectivity index (χ3v) is 6.27. The molecule has 0 spiro atoms. The Hall–Kier alpha value is -3.42. The molecule has 0 aliphatic rings. The number of fused-ring (bicyclic) bond motifs is 1. The first kappa shape index (κ1) is 19.5. The van der Waals surface area contributed by atoms with Crippen LogP contribution < -0.4 is 5.32 Å². The van der Waals surface area contributed by atoms with Gasteiger partial charge in [0.2, 0.25) is 0 Å². The number of thiophene rings is 1. The number of halogens is 1. The van der Waals surface area contributed by atoms with Crippen molar-refractivity contribution in [3.63, 3.8) is 0 Å². The fraction of sp³-hybridized carbons (Fsp3) is 0.0870. The molecule has 154 valence electrons. The Morgan fingerprint density at radius 1 is 0.935 bits per heavy atom. The lowest BCUT2D eigenvalue weighted by molar-refractivity contribution is 0.103. The number of benzene rings is 2. The predicted molar refractivity (Wildman–Crippen MR) is 125 cm³/mol. The minimum Gasteiger partial charge on any atom is -0.306 e. The highest BCUT2D eigenvalue weighted by Crippen LogP contribution is 2.31. The van der Waals surface area contributed by atoms with E-state index in [2.05, 4.69) is 15.5 Å². The third kappa shape index (κ3) is 3.62. The van der Waals surface area contributed by atoms with Gasteiger partial charge in [-0.15, -0.1) is 11.3 Å². The van der Waals surface area contributed by atoms with Crippen LogP contribution in [0.3, 0.4) is 0 Å². The summed E-state index contributed by atoms with van der Waals surface area (Å²) in [5, 5.41) is 13.8. The number of hydrogen-bond acceptors (Lipinski definition) is 4. The molecule has 1 N–H and O–H groups in total. The number of nitrogens with one attached hydrogen (secondary N) is 1. The van der Waals surface area contributed by atoms with Gasteiger partial charge in [0.1, 0.15) is 10.6 Å². The number of nitrogens with zero attached hydrogens (tertiary/aromatic N) is 4. The number of hydrogen-bond donors (Lipinski definition) is 1. The van der Waals surface area contributed by atoms with Crippen molar-refractivity contribution in [3.8, 4) is 11.4 Å². The average Bonchev–Trinajstić information content (AvgIpc) is 3.44. The molecule has 0 aliphatic heterocycles. The number of aryl methyl sites for hydroxylation is 2. The van der Waals surface area contributed by atoms with E-state index in [1.165, 1.54) is 11.3 Å². The van der Waals surface area contributed by atoms with E-state index in [1.54, 1.807) is 4.68 Å². The summed E-state index contributed by atoms with van der Waals surface area (Å²) < 4.78 is 3.59. The van der Waals surface area contributed by atoms with Gasteiger partial charge < -0.3 is 5.32 Å². The zero-order valence-corrected chi connectivity index (χ0v) is 18.4. The molecular formula is C23H18ClN5OS. The van der Waals surface area contributed by atoms with Crippen LogP contribution in [-0.2, 0) is 0 Å². The monoisotopic (exact) mass is 447 g/mol. The van der Waals surface area contributed by atoms with Crippen molar-refractivity contribution < 1.29 is 4.79 Å². The zero-order chi connectivity index (χ0) is 21.5. The van der Waals surface area contributed by atoms with E-state index in [9.17, 15) is 4.79 Å². The van der Waals surface area contributed by atoms with Crippen LogP contribution in [0.25, 0.3) is 21.6 Å². The van der Waals surface area contributed by atoms with Gasteiger partial charge >= 0.3 is 0 Å². The van der Waals surface area contributed by atoms with Crippen molar-refractivity contribution in [1.82, 2.24) is 19.6 Å². The summed E-state index contributed by atoms with van der Waals surface area (Å²) in [5.74, 6) is 0.447. The molecule has 1 amide bonds. The van der Waals surface area contributed by atoms with E-state index < -0.39 is 0 Å². The number of para-hydroxylation sites is 1. The summed E-state index contributed by atoms with van der Waals surface area (Å²) in [6.45, 7) is 3.84. The third-order valence-electron chi connectivity index (χ3n) is 4.91. The van der Waals surface area contributed by atoms with Gasteiger partial charge in [0.15, 0.2) is 0 Å². The molecule has 5 aromatic rings. The van der Waals surface area contributed by atoms with E-state index in [1.807, 2.05) is 85.3 Å². The molecule has 6 nitrogen and oxygen atoms in total. The molecule has 0 aliphatic carbocycles. The molecule has 0 atom stereocenters. The van der Waals surface area contributed by atoms with Crippen LogP contribution in [0, 0.1) is 13.8 Å². The molecule has 0 unspecified atom stereocenters. The first-order valence-electron chi connectivity index (χ1n) is 9.68. The standard InChI is InChI=1S/C23H18ClN5OS/c1-14-12-21(28(26-14)17-6-4-3-5-7-17)25-22(30)20-13-19-15(2)27-29(23(19)31-20)18-10-8-16(24)9-11-18/h3-13H,1-2H3,(H,25,30). The maximum atomic E-state index is 13.1. The molecular weight excluding hydrogens is 430 g/mol. The van der Waals surface area contributed by atoms with Crippen LogP contribution in [0.15, 0.2) is 66.7 Å². The van der Waals surface area contributed by atoms with Gasteiger partial charge in [-0.25, -0.2) is 9.36 Å². The molecule has 3 aromatic heterocycles. The van der Waals surface area contributed by atoms with Crippen LogP contribution >= 0.6 is 22.9 Å². The van der Waals surface area contributed by atoms with Gasteiger partial charge in [-0.2, -0.15) is 10.2 Å². The van der Waals surface area contributed by atoms with Crippen LogP contribution in [0.4, 0.5) is 5.82 Å². The molecule has 0 radical (unpaired) electrons. The van der Waals surface area contributed by atoms with Crippen molar-refractivity contribution in [2.75, 3.05) is 5.32 Å². The number of amides is 1. The predicted octanol–water partition coefficient (Wildman–Crippen LogP) is 5.80. The molecule has 8 heteroatoms. The quantitative estimate of drug-likeness (QED) is 0.379. The second-order valence-corrected chi connectivity index (χ2v) is 8.64. The van der Waals surface area contributed by atoms with E-state index in [0.29, 0.717) is 15.7 Å². The van der Waals surface area contributed by atoms with E-state index >= 15 is 0 Å². The van der Waals surface area contributed by atoms with Gasteiger partial charge in [-0.3, -0.25) is 4.79 Å². The SMILES string of the molecule is Cc1cc(NC(=O)c2cc3c(C)nn(-c4ccc(Cl)cc4)c3s2)n(-c2ccccc2)n1. The largest absolute Gasteiger partial charge is 0.306 e. The lowest BCUT2D eigenvalue weighted by atomic mass is 10.3. The lowest BCUT2D eigenvalue weighted by Crippen LogP contribution is -2.14. The van der Waals surface area contributed by atoms with Gasteiger partial charge in [-0.05, 0) is 56.3 Å². The minimum atomic E-state index is -0.180. The van der Waals surface area contributed by atoms with Crippen LogP contribution in [-0.4, -0.2) is 25.5 Å². The van der Waals surface area contributed by atoms with Gasteiger partial charge in [0.25, 0.3) is 5.91 Å². The number of carbonyl (C=O) groups is 1. The molecule has 0 saturated heterocycles. The van der Waals surface area contributed by atoms with E-state index in [4.69, 9.17) is 11.6 Å². The number of aromatic nitrogens is 4. The fourth-order valence-corrected chi connectivity index (χ4v) is 4.65. The number of rotatable bonds is 4. The average molecular weight is 448 g/mol. The van der Waals surface area contributed by atoms with Crippen LogP contribution in [0.5, 0.6) is 0 Å². The maximum Gasteiger partial charge on any atom is 0.266 e. The Labute approximate surface area is 187 Å². The topological polar surface area (TPSA) is 64.7 Å².